The summed E-state index contributed by atoms with van der Waals surface area (Å²) in [6.07, 6.45) is 4.98. The fourth-order valence-electron chi connectivity index (χ4n) is 2.30. The Morgan fingerprint density at radius 2 is 2.24 bits per heavy atom. The first kappa shape index (κ1) is 13.4. The normalized spacial score (nSPS) is 12.4. The third kappa shape index (κ3) is 2.97. The van der Waals surface area contributed by atoms with E-state index in [-0.39, 0.29) is 11.9 Å². The third-order valence-corrected chi connectivity index (χ3v) is 3.44. The van der Waals surface area contributed by atoms with E-state index in [9.17, 15) is 4.79 Å². The zero-order valence-corrected chi connectivity index (χ0v) is 11.8. The van der Waals surface area contributed by atoms with Gasteiger partial charge in [0.05, 0.1) is 18.0 Å². The lowest BCUT2D eigenvalue weighted by Crippen LogP contribution is -2.34. The number of aromatic nitrogens is 2. The fraction of sp³-hybridized carbons (Fsp3) is 0.250. The minimum atomic E-state index is -0.115. The molecule has 0 spiro atoms. The van der Waals surface area contributed by atoms with Crippen molar-refractivity contribution in [1.82, 2.24) is 14.9 Å². The first-order valence-electron chi connectivity index (χ1n) is 7.00. The summed E-state index contributed by atoms with van der Waals surface area (Å²) in [5, 5.41) is 7.17. The summed E-state index contributed by atoms with van der Waals surface area (Å²) in [5.41, 5.74) is 1.45. The van der Waals surface area contributed by atoms with Gasteiger partial charge in [-0.15, -0.1) is 0 Å². The predicted molar refractivity (Wildman–Crippen MR) is 79.1 cm³/mol. The standard InChI is InChI=1S/C16H17N3O2/c1-12(7-8-14-5-3-11-21-14)18-16(20)15-6-2-4-13-9-10-17-19(13)15/h2-6,9-12H,7-8H2,1H3,(H,18,20)/t12-/m0/s1. The van der Waals surface area contributed by atoms with E-state index in [1.54, 1.807) is 23.0 Å². The minimum Gasteiger partial charge on any atom is -0.469 e. The van der Waals surface area contributed by atoms with Gasteiger partial charge in [0, 0.05) is 12.5 Å². The quantitative estimate of drug-likeness (QED) is 0.783. The zero-order chi connectivity index (χ0) is 14.7. The van der Waals surface area contributed by atoms with Crippen LogP contribution < -0.4 is 5.32 Å². The Labute approximate surface area is 122 Å². The van der Waals surface area contributed by atoms with Crippen molar-refractivity contribution in [2.75, 3.05) is 0 Å². The summed E-state index contributed by atoms with van der Waals surface area (Å²) >= 11 is 0. The molecule has 0 radical (unpaired) electrons. The Kier molecular flexibility index (Phi) is 3.73. The molecule has 1 N–H and O–H groups in total. The maximum atomic E-state index is 12.3. The van der Waals surface area contributed by atoms with Gasteiger partial charge in [-0.25, -0.2) is 4.52 Å². The van der Waals surface area contributed by atoms with Crippen molar-refractivity contribution < 1.29 is 9.21 Å². The number of rotatable bonds is 5. The highest BCUT2D eigenvalue weighted by Crippen LogP contribution is 2.09. The Morgan fingerprint density at radius 3 is 3.05 bits per heavy atom. The monoisotopic (exact) mass is 283 g/mol. The molecule has 0 saturated heterocycles. The van der Waals surface area contributed by atoms with Crippen molar-refractivity contribution in [3.8, 4) is 0 Å². The SMILES string of the molecule is C[C@@H](CCc1ccco1)NC(=O)c1cccc2ccnn12. The number of carbonyl (C=O) groups is 1. The molecule has 0 aliphatic heterocycles. The molecule has 5 nitrogen and oxygen atoms in total. The number of pyridine rings is 1. The van der Waals surface area contributed by atoms with Crippen LogP contribution in [0.1, 0.15) is 29.6 Å². The van der Waals surface area contributed by atoms with Crippen molar-refractivity contribution in [3.63, 3.8) is 0 Å². The maximum absolute atomic E-state index is 12.3. The van der Waals surface area contributed by atoms with Gasteiger partial charge >= 0.3 is 0 Å². The van der Waals surface area contributed by atoms with Crippen LogP contribution >= 0.6 is 0 Å². The van der Waals surface area contributed by atoms with Crippen LogP contribution in [0.4, 0.5) is 0 Å². The smallest absolute Gasteiger partial charge is 0.270 e. The topological polar surface area (TPSA) is 59.5 Å². The number of hydrogen-bond donors (Lipinski definition) is 1. The number of nitrogens with zero attached hydrogens (tertiary/aromatic N) is 2. The van der Waals surface area contributed by atoms with Gasteiger partial charge in [0.25, 0.3) is 5.91 Å². The van der Waals surface area contributed by atoms with Crippen LogP contribution in [0.15, 0.2) is 53.3 Å². The highest BCUT2D eigenvalue weighted by atomic mass is 16.3. The first-order valence-corrected chi connectivity index (χ1v) is 7.00. The number of amides is 1. The third-order valence-electron chi connectivity index (χ3n) is 3.44. The molecule has 108 valence electrons. The second-order valence-electron chi connectivity index (χ2n) is 5.07. The van der Waals surface area contributed by atoms with Gasteiger partial charge < -0.3 is 9.73 Å². The van der Waals surface area contributed by atoms with Gasteiger partial charge in [0.1, 0.15) is 11.5 Å². The molecule has 0 aromatic carbocycles. The number of hydrogen-bond acceptors (Lipinski definition) is 3. The average molecular weight is 283 g/mol. The van der Waals surface area contributed by atoms with Crippen LogP contribution in [0, 0.1) is 0 Å². The number of furan rings is 1. The summed E-state index contributed by atoms with van der Waals surface area (Å²) in [6, 6.07) is 11.3. The van der Waals surface area contributed by atoms with E-state index in [2.05, 4.69) is 10.4 Å². The van der Waals surface area contributed by atoms with Crippen LogP contribution in [0.2, 0.25) is 0 Å². The molecule has 3 aromatic heterocycles. The van der Waals surface area contributed by atoms with E-state index in [4.69, 9.17) is 4.42 Å². The molecule has 3 aromatic rings. The molecule has 0 saturated carbocycles. The fourth-order valence-corrected chi connectivity index (χ4v) is 2.30. The Morgan fingerprint density at radius 1 is 1.33 bits per heavy atom. The Hall–Kier alpha value is -2.56. The molecule has 1 atom stereocenters. The van der Waals surface area contributed by atoms with E-state index < -0.39 is 0 Å². The van der Waals surface area contributed by atoms with Gasteiger partial charge in [-0.1, -0.05) is 6.07 Å². The lowest BCUT2D eigenvalue weighted by molar-refractivity contribution is 0.0930. The Bertz CT molecular complexity index is 731. The van der Waals surface area contributed by atoms with Crippen LogP contribution in [-0.2, 0) is 6.42 Å². The first-order chi connectivity index (χ1) is 10.2. The highest BCUT2D eigenvalue weighted by Gasteiger charge is 2.13. The highest BCUT2D eigenvalue weighted by molar-refractivity contribution is 5.93. The Balaban J connectivity index is 1.64. The molecule has 3 rings (SSSR count). The summed E-state index contributed by atoms with van der Waals surface area (Å²) in [4.78, 5) is 12.3. The molecule has 0 aliphatic carbocycles. The van der Waals surface area contributed by atoms with Crippen LogP contribution in [0.3, 0.4) is 0 Å². The maximum Gasteiger partial charge on any atom is 0.270 e. The van der Waals surface area contributed by atoms with E-state index in [0.29, 0.717) is 5.69 Å². The van der Waals surface area contributed by atoms with Crippen molar-refractivity contribution in [1.29, 1.82) is 0 Å². The van der Waals surface area contributed by atoms with Crippen LogP contribution in [0.25, 0.3) is 5.52 Å². The van der Waals surface area contributed by atoms with Gasteiger partial charge in [-0.3, -0.25) is 4.79 Å². The van der Waals surface area contributed by atoms with Crippen molar-refractivity contribution in [3.05, 3.63) is 60.3 Å². The van der Waals surface area contributed by atoms with Crippen LogP contribution in [-0.4, -0.2) is 21.6 Å². The van der Waals surface area contributed by atoms with Crippen molar-refractivity contribution >= 4 is 11.4 Å². The van der Waals surface area contributed by atoms with Crippen molar-refractivity contribution in [2.45, 2.75) is 25.8 Å². The summed E-state index contributed by atoms with van der Waals surface area (Å²) < 4.78 is 6.94. The molecule has 0 fully saturated rings. The predicted octanol–water partition coefficient (Wildman–Crippen LogP) is 2.68. The molecule has 5 heteroatoms. The molecular formula is C16H17N3O2. The average Bonchev–Trinajstić information content (AvgIpc) is 3.15. The van der Waals surface area contributed by atoms with E-state index >= 15 is 0 Å². The van der Waals surface area contributed by atoms with E-state index in [0.717, 1.165) is 24.1 Å². The summed E-state index contributed by atoms with van der Waals surface area (Å²) in [6.45, 7) is 1.99. The van der Waals surface area contributed by atoms with Crippen LogP contribution in [0.5, 0.6) is 0 Å². The molecule has 0 unspecified atom stereocenters. The molecule has 1 amide bonds. The summed E-state index contributed by atoms with van der Waals surface area (Å²) in [7, 11) is 0. The molecule has 3 heterocycles. The van der Waals surface area contributed by atoms with Crippen molar-refractivity contribution in [2.24, 2.45) is 0 Å². The molecule has 21 heavy (non-hydrogen) atoms. The number of aryl methyl sites for hydroxylation is 1. The number of fused-ring (bicyclic) bond motifs is 1. The van der Waals surface area contributed by atoms with Gasteiger partial charge in [0.15, 0.2) is 0 Å². The second kappa shape index (κ2) is 5.83. The van der Waals surface area contributed by atoms with E-state index in [1.165, 1.54) is 0 Å². The molecule has 0 bridgehead atoms. The second-order valence-corrected chi connectivity index (χ2v) is 5.07. The molecular weight excluding hydrogens is 266 g/mol. The lowest BCUT2D eigenvalue weighted by Gasteiger charge is -2.13. The number of nitrogens with one attached hydrogen (secondary N) is 1. The van der Waals surface area contributed by atoms with Gasteiger partial charge in [-0.2, -0.15) is 5.10 Å². The number of carbonyl (C=O) groups excluding carboxylic acids is 1. The summed E-state index contributed by atoms with van der Waals surface area (Å²) in [5.74, 6) is 0.821. The lowest BCUT2D eigenvalue weighted by atomic mass is 10.1. The van der Waals surface area contributed by atoms with Gasteiger partial charge in [-0.05, 0) is 43.7 Å². The minimum absolute atomic E-state index is 0.0634. The van der Waals surface area contributed by atoms with Gasteiger partial charge in [0.2, 0.25) is 0 Å². The largest absolute Gasteiger partial charge is 0.469 e. The molecule has 0 aliphatic rings. The van der Waals surface area contributed by atoms with E-state index in [1.807, 2.05) is 37.3 Å². The zero-order valence-electron chi connectivity index (χ0n) is 11.8.